The van der Waals surface area contributed by atoms with Crippen LogP contribution < -0.4 is 0 Å². The zero-order valence-corrected chi connectivity index (χ0v) is 11.9. The Morgan fingerprint density at radius 2 is 1.68 bits per heavy atom. The molecule has 1 aliphatic rings. The third-order valence-electron chi connectivity index (χ3n) is 3.91. The molecule has 1 aromatic carbocycles. The number of pyridine rings is 2. The quantitative estimate of drug-likeness (QED) is 0.734. The first-order chi connectivity index (χ1) is 10.9. The maximum absolute atomic E-state index is 6.01. The fraction of sp³-hybridized carbons (Fsp3) is 0.0526. The summed E-state index contributed by atoms with van der Waals surface area (Å²) in [5.41, 5.74) is 3.40. The van der Waals surface area contributed by atoms with Crippen molar-refractivity contribution in [3.05, 3.63) is 102 Å². The second-order valence-electron chi connectivity index (χ2n) is 5.15. The van der Waals surface area contributed by atoms with Gasteiger partial charge in [0.25, 0.3) is 0 Å². The second kappa shape index (κ2) is 5.11. The van der Waals surface area contributed by atoms with E-state index in [4.69, 9.17) is 4.74 Å². The molecule has 0 fully saturated rings. The molecule has 0 aliphatic carbocycles. The van der Waals surface area contributed by atoms with Gasteiger partial charge in [-0.15, -0.1) is 0 Å². The minimum Gasteiger partial charge on any atom is -0.478 e. The Hall–Kier alpha value is -2.94. The molecule has 3 aromatic rings. The molecule has 1 aliphatic heterocycles. The lowest BCUT2D eigenvalue weighted by molar-refractivity contribution is 0.0706. The summed E-state index contributed by atoms with van der Waals surface area (Å²) in [5.74, 6) is 0. The molecule has 1 atom stereocenters. The van der Waals surface area contributed by atoms with Crippen LogP contribution in [0.2, 0.25) is 0 Å². The van der Waals surface area contributed by atoms with Gasteiger partial charge in [0.15, 0.2) is 0 Å². The van der Waals surface area contributed by atoms with E-state index >= 15 is 0 Å². The smallest absolute Gasteiger partial charge is 0.203 e. The summed E-state index contributed by atoms with van der Waals surface area (Å²) in [5, 5.41) is 0. The van der Waals surface area contributed by atoms with Gasteiger partial charge in [0, 0.05) is 35.3 Å². The number of hydrogen-bond donors (Lipinski definition) is 0. The Kier molecular flexibility index (Phi) is 2.97. The van der Waals surface area contributed by atoms with Gasteiger partial charge in [-0.25, -0.2) is 0 Å². The van der Waals surface area contributed by atoms with E-state index in [1.54, 1.807) is 18.7 Å². The van der Waals surface area contributed by atoms with Crippen LogP contribution in [0.5, 0.6) is 0 Å². The molecule has 3 heterocycles. The molecule has 2 aromatic heterocycles. The number of benzene rings is 1. The number of nitrogens with zero attached hydrogens (tertiary/aromatic N) is 2. The van der Waals surface area contributed by atoms with Crippen LogP contribution in [-0.4, -0.2) is 9.97 Å². The molecule has 1 unspecified atom stereocenters. The first-order valence-electron chi connectivity index (χ1n) is 7.17. The fourth-order valence-corrected chi connectivity index (χ4v) is 2.84. The zero-order valence-electron chi connectivity index (χ0n) is 11.9. The Morgan fingerprint density at radius 1 is 0.818 bits per heavy atom. The van der Waals surface area contributed by atoms with Crippen molar-refractivity contribution in [2.24, 2.45) is 0 Å². The van der Waals surface area contributed by atoms with Crippen molar-refractivity contribution in [1.82, 2.24) is 9.97 Å². The molecule has 106 valence electrons. The van der Waals surface area contributed by atoms with Gasteiger partial charge < -0.3 is 4.74 Å². The van der Waals surface area contributed by atoms with Gasteiger partial charge >= 0.3 is 0 Å². The predicted molar refractivity (Wildman–Crippen MR) is 84.8 cm³/mol. The number of hydrogen-bond acceptors (Lipinski definition) is 3. The normalized spacial score (nSPS) is 19.7. The maximum atomic E-state index is 6.01. The standard InChI is InChI=1S/C19H14N2O/c1-2-8-16(9-3-1)19(18-10-4-5-12-21-18)17(14-22-19)15-7-6-11-20-13-15/h1-14H. The van der Waals surface area contributed by atoms with Crippen LogP contribution in [0, 0.1) is 0 Å². The van der Waals surface area contributed by atoms with Gasteiger partial charge in [0.05, 0.1) is 12.0 Å². The molecule has 22 heavy (non-hydrogen) atoms. The topological polar surface area (TPSA) is 35.0 Å². The Balaban J connectivity index is 1.91. The molecule has 0 saturated heterocycles. The van der Waals surface area contributed by atoms with Crippen LogP contribution in [0.3, 0.4) is 0 Å². The molecular formula is C19H14N2O. The summed E-state index contributed by atoms with van der Waals surface area (Å²) in [6.07, 6.45) is 7.21. The molecule has 0 amide bonds. The molecule has 0 saturated carbocycles. The Morgan fingerprint density at radius 3 is 2.32 bits per heavy atom. The summed E-state index contributed by atoms with van der Waals surface area (Å²) in [6, 6.07) is 20.0. The van der Waals surface area contributed by atoms with Gasteiger partial charge in [0.1, 0.15) is 0 Å². The molecule has 0 spiro atoms. The summed E-state index contributed by atoms with van der Waals surface area (Å²) in [4.78, 5) is 8.76. The van der Waals surface area contributed by atoms with E-state index in [1.807, 2.05) is 54.7 Å². The van der Waals surface area contributed by atoms with E-state index in [-0.39, 0.29) is 0 Å². The van der Waals surface area contributed by atoms with Crippen LogP contribution in [0.1, 0.15) is 16.8 Å². The molecule has 3 heteroatoms. The Labute approximate surface area is 128 Å². The average molecular weight is 286 g/mol. The van der Waals surface area contributed by atoms with E-state index in [1.165, 1.54) is 0 Å². The number of aromatic nitrogens is 2. The van der Waals surface area contributed by atoms with E-state index in [0.29, 0.717) is 0 Å². The third-order valence-corrected chi connectivity index (χ3v) is 3.91. The van der Waals surface area contributed by atoms with Crippen LogP contribution in [0.25, 0.3) is 5.57 Å². The number of ether oxygens (including phenoxy) is 1. The van der Waals surface area contributed by atoms with E-state index in [2.05, 4.69) is 22.1 Å². The monoisotopic (exact) mass is 286 g/mol. The van der Waals surface area contributed by atoms with Gasteiger partial charge in [-0.1, -0.05) is 42.5 Å². The van der Waals surface area contributed by atoms with Crippen molar-refractivity contribution in [2.45, 2.75) is 5.60 Å². The van der Waals surface area contributed by atoms with Crippen molar-refractivity contribution in [3.63, 3.8) is 0 Å². The highest BCUT2D eigenvalue weighted by Crippen LogP contribution is 2.50. The van der Waals surface area contributed by atoms with Crippen molar-refractivity contribution < 1.29 is 4.74 Å². The highest BCUT2D eigenvalue weighted by Gasteiger charge is 2.48. The summed E-state index contributed by atoms with van der Waals surface area (Å²) in [6.45, 7) is 0. The fourth-order valence-electron chi connectivity index (χ4n) is 2.84. The van der Waals surface area contributed by atoms with Crippen LogP contribution in [0.15, 0.2) is 85.5 Å². The minimum absolute atomic E-state index is 0.661. The van der Waals surface area contributed by atoms with Crippen molar-refractivity contribution in [2.75, 3.05) is 0 Å². The van der Waals surface area contributed by atoms with E-state index in [9.17, 15) is 0 Å². The van der Waals surface area contributed by atoms with Crippen LogP contribution in [0.4, 0.5) is 0 Å². The lowest BCUT2D eigenvalue weighted by atomic mass is 9.77. The van der Waals surface area contributed by atoms with Crippen LogP contribution in [-0.2, 0) is 10.3 Å². The molecule has 4 rings (SSSR count). The third kappa shape index (κ3) is 1.83. The SMILES string of the molecule is C1=C(c2cccnc2)C(c2ccccc2)(c2ccccn2)O1. The second-order valence-corrected chi connectivity index (χ2v) is 5.15. The highest BCUT2D eigenvalue weighted by atomic mass is 16.5. The molecule has 0 bridgehead atoms. The molecule has 0 radical (unpaired) electrons. The van der Waals surface area contributed by atoms with Gasteiger partial charge in [-0.3, -0.25) is 9.97 Å². The molecule has 0 N–H and O–H groups in total. The van der Waals surface area contributed by atoms with E-state index < -0.39 is 5.60 Å². The molecule has 3 nitrogen and oxygen atoms in total. The van der Waals surface area contributed by atoms with Gasteiger partial charge in [-0.05, 0) is 18.2 Å². The lowest BCUT2D eigenvalue weighted by Crippen LogP contribution is -2.38. The summed E-state index contributed by atoms with van der Waals surface area (Å²) >= 11 is 0. The Bertz CT molecular complexity index is 759. The number of rotatable bonds is 3. The van der Waals surface area contributed by atoms with Crippen molar-refractivity contribution >= 4 is 5.57 Å². The highest BCUT2D eigenvalue weighted by molar-refractivity contribution is 5.80. The maximum Gasteiger partial charge on any atom is 0.203 e. The predicted octanol–water partition coefficient (Wildman–Crippen LogP) is 3.79. The largest absolute Gasteiger partial charge is 0.478 e. The summed E-state index contributed by atoms with van der Waals surface area (Å²) < 4.78 is 6.01. The van der Waals surface area contributed by atoms with Gasteiger partial charge in [0.2, 0.25) is 5.60 Å². The minimum atomic E-state index is -0.661. The average Bonchev–Trinajstić information content (AvgIpc) is 2.57. The van der Waals surface area contributed by atoms with E-state index in [0.717, 1.165) is 22.4 Å². The molecular weight excluding hydrogens is 272 g/mol. The van der Waals surface area contributed by atoms with Crippen molar-refractivity contribution in [1.29, 1.82) is 0 Å². The van der Waals surface area contributed by atoms with Crippen molar-refractivity contribution in [3.8, 4) is 0 Å². The first-order valence-corrected chi connectivity index (χ1v) is 7.17. The van der Waals surface area contributed by atoms with Crippen LogP contribution >= 0.6 is 0 Å². The first kappa shape index (κ1) is 12.8. The lowest BCUT2D eigenvalue weighted by Gasteiger charge is -2.42. The zero-order chi connectivity index (χ0) is 14.8. The summed E-state index contributed by atoms with van der Waals surface area (Å²) in [7, 11) is 0. The van der Waals surface area contributed by atoms with Gasteiger partial charge in [-0.2, -0.15) is 0 Å².